The van der Waals surface area contributed by atoms with E-state index in [-0.39, 0.29) is 32.9 Å². The molecule has 0 unspecified atom stereocenters. The quantitative estimate of drug-likeness (QED) is 0.407. The average Bonchev–Trinajstić information content (AvgIpc) is 2.75. The molecule has 3 rings (SSSR count). The summed E-state index contributed by atoms with van der Waals surface area (Å²) >= 11 is 11.7. The topological polar surface area (TPSA) is 145 Å². The Bertz CT molecular complexity index is 1380. The Morgan fingerprint density at radius 1 is 0.818 bits per heavy atom. The van der Waals surface area contributed by atoms with E-state index in [0.29, 0.717) is 10.7 Å². The van der Waals surface area contributed by atoms with Crippen LogP contribution in [0.2, 0.25) is 10.0 Å². The number of benzene rings is 3. The number of hydrogen-bond acceptors (Lipinski definition) is 6. The number of hydrogen-bond donors (Lipinski definition) is 3. The molecule has 0 aliphatic rings. The maximum atomic E-state index is 12.5. The molecule has 174 valence electrons. The molecule has 4 N–H and O–H groups in total. The molecule has 0 heterocycles. The molecule has 33 heavy (non-hydrogen) atoms. The first-order valence-electron chi connectivity index (χ1n) is 9.07. The first-order chi connectivity index (χ1) is 15.4. The van der Waals surface area contributed by atoms with Crippen LogP contribution in [0.15, 0.2) is 76.5 Å². The third-order valence-corrected chi connectivity index (χ3v) is 7.21. The molecule has 0 saturated carbocycles. The van der Waals surface area contributed by atoms with Gasteiger partial charge in [-0.3, -0.25) is 9.52 Å². The van der Waals surface area contributed by atoms with E-state index in [4.69, 9.17) is 33.1 Å². The minimum absolute atomic E-state index is 0.0275. The molecular formula is C20H17Cl2N3O6S2. The van der Waals surface area contributed by atoms with Gasteiger partial charge in [0.15, 0.2) is 6.61 Å². The third-order valence-electron chi connectivity index (χ3n) is 4.14. The summed E-state index contributed by atoms with van der Waals surface area (Å²) in [6.07, 6.45) is 0. The van der Waals surface area contributed by atoms with Gasteiger partial charge in [0.05, 0.1) is 25.5 Å². The van der Waals surface area contributed by atoms with Crippen molar-refractivity contribution >= 4 is 60.5 Å². The number of carbonyl (C=O) groups is 1. The monoisotopic (exact) mass is 529 g/mol. The number of nitrogens with two attached hydrogens (primary N) is 1. The van der Waals surface area contributed by atoms with Crippen molar-refractivity contribution in [1.82, 2.24) is 0 Å². The summed E-state index contributed by atoms with van der Waals surface area (Å²) in [6.45, 7) is -0.357. The van der Waals surface area contributed by atoms with Gasteiger partial charge in [-0.05, 0) is 66.7 Å². The summed E-state index contributed by atoms with van der Waals surface area (Å²) in [4.78, 5) is 11.9. The van der Waals surface area contributed by atoms with Crippen molar-refractivity contribution in [2.24, 2.45) is 5.14 Å². The first kappa shape index (κ1) is 24.8. The molecule has 1 amide bonds. The molecule has 13 heteroatoms. The lowest BCUT2D eigenvalue weighted by Gasteiger charge is -2.11. The van der Waals surface area contributed by atoms with Crippen molar-refractivity contribution in [3.05, 3.63) is 76.8 Å². The number of anilines is 2. The molecule has 0 aliphatic carbocycles. The van der Waals surface area contributed by atoms with Gasteiger partial charge in [-0.2, -0.15) is 0 Å². The molecule has 0 bridgehead atoms. The zero-order chi connectivity index (χ0) is 24.2. The summed E-state index contributed by atoms with van der Waals surface area (Å²) in [5.74, 6) is -0.237. The van der Waals surface area contributed by atoms with Crippen LogP contribution in [-0.2, 0) is 24.8 Å². The number of sulfonamides is 2. The zero-order valence-electron chi connectivity index (χ0n) is 16.7. The highest BCUT2D eigenvalue weighted by Gasteiger charge is 2.15. The van der Waals surface area contributed by atoms with Crippen molar-refractivity contribution in [2.75, 3.05) is 16.6 Å². The molecule has 0 fully saturated rings. The lowest BCUT2D eigenvalue weighted by Crippen LogP contribution is -2.20. The molecule has 0 aromatic heterocycles. The predicted molar refractivity (Wildman–Crippen MR) is 126 cm³/mol. The highest BCUT2D eigenvalue weighted by Crippen LogP contribution is 2.27. The minimum atomic E-state index is -3.88. The minimum Gasteiger partial charge on any atom is -0.484 e. The lowest BCUT2D eigenvalue weighted by atomic mass is 10.3. The van der Waals surface area contributed by atoms with E-state index >= 15 is 0 Å². The number of carbonyl (C=O) groups excluding carboxylic acids is 1. The summed E-state index contributed by atoms with van der Waals surface area (Å²) in [5.41, 5.74) is 0.601. The Balaban J connectivity index is 1.57. The smallest absolute Gasteiger partial charge is 0.262 e. The van der Waals surface area contributed by atoms with Gasteiger partial charge in [-0.25, -0.2) is 22.0 Å². The van der Waals surface area contributed by atoms with Crippen molar-refractivity contribution in [2.45, 2.75) is 9.79 Å². The average molecular weight is 530 g/mol. The molecule has 0 atom stereocenters. The number of halogens is 2. The van der Waals surface area contributed by atoms with Crippen LogP contribution in [0.1, 0.15) is 0 Å². The van der Waals surface area contributed by atoms with Crippen LogP contribution >= 0.6 is 23.2 Å². The zero-order valence-corrected chi connectivity index (χ0v) is 19.8. The number of ether oxygens (including phenoxy) is 1. The third kappa shape index (κ3) is 6.83. The van der Waals surface area contributed by atoms with E-state index in [9.17, 15) is 21.6 Å². The van der Waals surface area contributed by atoms with E-state index in [1.807, 2.05) is 0 Å². The molecule has 0 aliphatic heterocycles. The first-order valence-corrected chi connectivity index (χ1v) is 12.9. The number of nitrogens with one attached hydrogen (secondary N) is 2. The summed E-state index contributed by atoms with van der Waals surface area (Å²) in [6, 6.07) is 15.1. The van der Waals surface area contributed by atoms with Crippen LogP contribution in [0.4, 0.5) is 11.4 Å². The normalized spacial score (nSPS) is 11.6. The van der Waals surface area contributed by atoms with Crippen LogP contribution in [0.5, 0.6) is 5.75 Å². The molecule has 0 radical (unpaired) electrons. The standard InChI is InChI=1S/C20H17Cl2N3O6S2/c21-18-10-3-14(11-19(18)22)25-33(29,30)17-8-4-15(5-9-17)31-12-20(26)24-13-1-6-16(7-2-13)32(23,27)28/h1-11,25H,12H2,(H,24,26)(H2,23,27,28). The Kier molecular flexibility index (Phi) is 7.50. The number of primary sulfonamides is 1. The van der Waals surface area contributed by atoms with E-state index in [1.54, 1.807) is 0 Å². The van der Waals surface area contributed by atoms with Gasteiger partial charge in [-0.1, -0.05) is 23.2 Å². The Hall–Kier alpha value is -2.83. The second kappa shape index (κ2) is 9.98. The van der Waals surface area contributed by atoms with Gasteiger partial charge in [0.25, 0.3) is 15.9 Å². The van der Waals surface area contributed by atoms with E-state index < -0.39 is 26.0 Å². The SMILES string of the molecule is NS(=O)(=O)c1ccc(NC(=O)COc2ccc(S(=O)(=O)Nc3ccc(Cl)c(Cl)c3)cc2)cc1. The van der Waals surface area contributed by atoms with Crippen molar-refractivity contribution in [1.29, 1.82) is 0 Å². The van der Waals surface area contributed by atoms with E-state index in [0.717, 1.165) is 0 Å². The van der Waals surface area contributed by atoms with Crippen molar-refractivity contribution in [3.63, 3.8) is 0 Å². The predicted octanol–water partition coefficient (Wildman–Crippen LogP) is 3.46. The van der Waals surface area contributed by atoms with E-state index in [2.05, 4.69) is 10.0 Å². The van der Waals surface area contributed by atoms with Gasteiger partial charge in [0, 0.05) is 5.69 Å². The van der Waals surface area contributed by atoms with E-state index in [1.165, 1.54) is 66.7 Å². The summed E-state index contributed by atoms with van der Waals surface area (Å²) in [5, 5.41) is 8.06. The summed E-state index contributed by atoms with van der Waals surface area (Å²) < 4.78 is 55.3. The van der Waals surface area contributed by atoms with Crippen molar-refractivity contribution in [3.8, 4) is 5.75 Å². The van der Waals surface area contributed by atoms with Crippen LogP contribution in [0, 0.1) is 0 Å². The highest BCUT2D eigenvalue weighted by atomic mass is 35.5. The van der Waals surface area contributed by atoms with Gasteiger partial charge < -0.3 is 10.1 Å². The maximum absolute atomic E-state index is 12.5. The molecule has 3 aromatic carbocycles. The molecule has 3 aromatic rings. The fourth-order valence-corrected chi connectivity index (χ4v) is 4.43. The second-order valence-corrected chi connectivity index (χ2v) is 10.7. The van der Waals surface area contributed by atoms with Gasteiger partial charge >= 0.3 is 0 Å². The van der Waals surface area contributed by atoms with Crippen LogP contribution in [-0.4, -0.2) is 29.3 Å². The van der Waals surface area contributed by atoms with Crippen LogP contribution in [0.3, 0.4) is 0 Å². The molecule has 0 saturated heterocycles. The number of amides is 1. The number of rotatable bonds is 8. The molecule has 0 spiro atoms. The fourth-order valence-electron chi connectivity index (χ4n) is 2.56. The Labute approximate surface area is 200 Å². The largest absolute Gasteiger partial charge is 0.484 e. The van der Waals surface area contributed by atoms with Crippen LogP contribution in [0.25, 0.3) is 0 Å². The molecular weight excluding hydrogens is 513 g/mol. The Morgan fingerprint density at radius 3 is 1.97 bits per heavy atom. The van der Waals surface area contributed by atoms with Gasteiger partial charge in [0.2, 0.25) is 10.0 Å². The summed E-state index contributed by atoms with van der Waals surface area (Å²) in [7, 11) is -7.71. The van der Waals surface area contributed by atoms with Gasteiger partial charge in [-0.15, -0.1) is 0 Å². The maximum Gasteiger partial charge on any atom is 0.262 e. The lowest BCUT2D eigenvalue weighted by molar-refractivity contribution is -0.118. The fraction of sp³-hybridized carbons (Fsp3) is 0.0500. The highest BCUT2D eigenvalue weighted by molar-refractivity contribution is 7.92. The van der Waals surface area contributed by atoms with Gasteiger partial charge in [0.1, 0.15) is 5.75 Å². The van der Waals surface area contributed by atoms with Crippen molar-refractivity contribution < 1.29 is 26.4 Å². The second-order valence-electron chi connectivity index (χ2n) is 6.61. The molecule has 9 nitrogen and oxygen atoms in total. The van der Waals surface area contributed by atoms with Crippen LogP contribution < -0.4 is 19.9 Å². The Morgan fingerprint density at radius 2 is 1.39 bits per heavy atom.